The van der Waals surface area contributed by atoms with Gasteiger partial charge in [-0.1, -0.05) is 25.5 Å². The Balaban J connectivity index is 1.48. The average Bonchev–Trinajstić information content (AvgIpc) is 3.14. The molecular formula is C27H36F3N5O2. The van der Waals surface area contributed by atoms with Crippen LogP contribution in [0.15, 0.2) is 30.6 Å². The third-order valence-electron chi connectivity index (χ3n) is 7.42. The number of alkyl halides is 3. The van der Waals surface area contributed by atoms with Crippen molar-refractivity contribution in [3.63, 3.8) is 0 Å². The fraction of sp³-hybridized carbons (Fsp3) is 0.593. The largest absolute Gasteiger partial charge is 0.416 e. The smallest absolute Gasteiger partial charge is 0.387 e. The predicted octanol–water partition coefficient (Wildman–Crippen LogP) is 4.38. The van der Waals surface area contributed by atoms with Crippen LogP contribution in [0.1, 0.15) is 86.8 Å². The monoisotopic (exact) mass is 519 g/mol. The number of carbonyl (C=O) groups excluding carboxylic acids is 1. The molecule has 2 aliphatic rings. The van der Waals surface area contributed by atoms with Crippen molar-refractivity contribution in [1.82, 2.24) is 14.9 Å². The van der Waals surface area contributed by atoms with E-state index in [-0.39, 0.29) is 17.4 Å². The Morgan fingerprint density at radius 2 is 1.78 bits per heavy atom. The van der Waals surface area contributed by atoms with Gasteiger partial charge in [-0.15, -0.1) is 0 Å². The number of fused-ring (bicyclic) bond motifs is 1. The van der Waals surface area contributed by atoms with Crippen molar-refractivity contribution in [2.24, 2.45) is 5.73 Å². The number of rotatable bonds is 7. The van der Waals surface area contributed by atoms with Crippen molar-refractivity contribution in [3.8, 4) is 0 Å². The number of amides is 1. The molecule has 3 atom stereocenters. The highest BCUT2D eigenvalue weighted by Crippen LogP contribution is 2.43. The van der Waals surface area contributed by atoms with Crippen molar-refractivity contribution >= 4 is 11.7 Å². The third kappa shape index (κ3) is 6.23. The summed E-state index contributed by atoms with van der Waals surface area (Å²) in [7, 11) is 0. The predicted molar refractivity (Wildman–Crippen MR) is 135 cm³/mol. The first-order chi connectivity index (χ1) is 17.3. The van der Waals surface area contributed by atoms with E-state index >= 15 is 0 Å². The van der Waals surface area contributed by atoms with E-state index in [1.807, 2.05) is 13.8 Å². The summed E-state index contributed by atoms with van der Waals surface area (Å²) in [6.45, 7) is 8.01. The molecule has 3 N–H and O–H groups in total. The highest BCUT2D eigenvalue weighted by Gasteiger charge is 2.35. The molecule has 1 unspecified atom stereocenters. The molecule has 0 bridgehead atoms. The molecule has 0 saturated carbocycles. The standard InChI is InChI=1S/C27H36F3N5O2/c1-17-15-21(36)23-22(17)24(33-16-32-23)34-11-13-35(14-12-34)25(37)20(5-4-10-26(2,3)31)18-6-8-19(9-7-18)27(28,29)30/h6-9,16-17,20-21,36H,4-5,10-15,31H2,1-3H3/t17-,20-,21?/m1/s1. The van der Waals surface area contributed by atoms with Crippen LogP contribution in [0.3, 0.4) is 0 Å². The molecule has 2 aromatic rings. The second-order valence-electron chi connectivity index (χ2n) is 11.0. The summed E-state index contributed by atoms with van der Waals surface area (Å²) >= 11 is 0. The molecule has 1 fully saturated rings. The molecule has 0 spiro atoms. The summed E-state index contributed by atoms with van der Waals surface area (Å²) in [5.41, 5.74) is 7.25. The second-order valence-corrected chi connectivity index (χ2v) is 11.0. The second kappa shape index (κ2) is 10.6. The van der Waals surface area contributed by atoms with E-state index in [0.717, 1.165) is 23.5 Å². The quantitative estimate of drug-likeness (QED) is 0.564. The maximum Gasteiger partial charge on any atom is 0.416 e. The normalized spacial score (nSPS) is 21.2. The van der Waals surface area contributed by atoms with Crippen LogP contribution in [-0.4, -0.2) is 57.6 Å². The zero-order chi connectivity index (χ0) is 27.0. The van der Waals surface area contributed by atoms with Crippen molar-refractivity contribution in [1.29, 1.82) is 0 Å². The number of piperazine rings is 1. The number of hydrogen-bond acceptors (Lipinski definition) is 6. The van der Waals surface area contributed by atoms with Crippen LogP contribution in [0.25, 0.3) is 0 Å². The molecule has 1 amide bonds. The van der Waals surface area contributed by atoms with Crippen molar-refractivity contribution in [2.75, 3.05) is 31.1 Å². The minimum Gasteiger partial charge on any atom is -0.387 e. The summed E-state index contributed by atoms with van der Waals surface area (Å²) in [6.07, 6.45) is -1.01. The first-order valence-electron chi connectivity index (χ1n) is 12.9. The maximum absolute atomic E-state index is 13.7. The van der Waals surface area contributed by atoms with Gasteiger partial charge in [0.1, 0.15) is 12.1 Å². The molecular weight excluding hydrogens is 483 g/mol. The first-order valence-corrected chi connectivity index (χ1v) is 12.9. The Morgan fingerprint density at radius 3 is 2.38 bits per heavy atom. The molecule has 37 heavy (non-hydrogen) atoms. The molecule has 2 heterocycles. The molecule has 1 saturated heterocycles. The topological polar surface area (TPSA) is 95.6 Å². The van der Waals surface area contributed by atoms with Crippen LogP contribution in [0.4, 0.5) is 19.0 Å². The number of aromatic nitrogens is 2. The van der Waals surface area contributed by atoms with E-state index in [4.69, 9.17) is 5.73 Å². The average molecular weight is 520 g/mol. The Labute approximate surface area is 215 Å². The number of aliphatic hydroxyl groups is 1. The Kier molecular flexibility index (Phi) is 7.80. The molecule has 0 radical (unpaired) electrons. The molecule has 10 heteroatoms. The lowest BCUT2D eigenvalue weighted by Crippen LogP contribution is -2.50. The Morgan fingerprint density at radius 1 is 1.14 bits per heavy atom. The number of halogens is 3. The minimum absolute atomic E-state index is 0.0778. The number of nitrogens with two attached hydrogens (primary N) is 1. The Bertz CT molecular complexity index is 1090. The van der Waals surface area contributed by atoms with E-state index in [1.165, 1.54) is 18.5 Å². The van der Waals surface area contributed by atoms with Crippen LogP contribution in [0.2, 0.25) is 0 Å². The van der Waals surface area contributed by atoms with E-state index in [0.29, 0.717) is 63.1 Å². The van der Waals surface area contributed by atoms with Gasteiger partial charge in [0.25, 0.3) is 0 Å². The van der Waals surface area contributed by atoms with Gasteiger partial charge in [-0.05, 0) is 56.7 Å². The van der Waals surface area contributed by atoms with Crippen molar-refractivity contribution in [3.05, 3.63) is 53.0 Å². The van der Waals surface area contributed by atoms with Gasteiger partial charge < -0.3 is 20.6 Å². The van der Waals surface area contributed by atoms with E-state index in [1.54, 1.807) is 4.90 Å². The van der Waals surface area contributed by atoms with Crippen LogP contribution in [0, 0.1) is 0 Å². The molecule has 7 nitrogen and oxygen atoms in total. The number of benzene rings is 1. The highest BCUT2D eigenvalue weighted by atomic mass is 19.4. The summed E-state index contributed by atoms with van der Waals surface area (Å²) < 4.78 is 39.3. The molecule has 1 aromatic carbocycles. The molecule has 202 valence electrons. The molecule has 4 rings (SSSR count). The summed E-state index contributed by atoms with van der Waals surface area (Å²) in [5.74, 6) is 0.350. The number of carbonyl (C=O) groups is 1. The van der Waals surface area contributed by atoms with Crippen molar-refractivity contribution < 1.29 is 23.1 Å². The van der Waals surface area contributed by atoms with Gasteiger partial charge in [0.2, 0.25) is 5.91 Å². The van der Waals surface area contributed by atoms with Crippen LogP contribution in [-0.2, 0) is 11.0 Å². The number of hydrogen-bond donors (Lipinski definition) is 2. The van der Waals surface area contributed by atoms with Crippen LogP contribution >= 0.6 is 0 Å². The highest BCUT2D eigenvalue weighted by molar-refractivity contribution is 5.84. The zero-order valence-electron chi connectivity index (χ0n) is 21.6. The lowest BCUT2D eigenvalue weighted by atomic mass is 9.88. The maximum atomic E-state index is 13.7. The third-order valence-corrected chi connectivity index (χ3v) is 7.42. The van der Waals surface area contributed by atoms with Gasteiger partial charge in [-0.25, -0.2) is 9.97 Å². The van der Waals surface area contributed by atoms with Gasteiger partial charge in [-0.3, -0.25) is 4.79 Å². The number of aliphatic hydroxyl groups excluding tert-OH is 1. The molecule has 1 aliphatic carbocycles. The van der Waals surface area contributed by atoms with Gasteiger partial charge in [0, 0.05) is 37.3 Å². The molecule has 1 aromatic heterocycles. The van der Waals surface area contributed by atoms with E-state index in [2.05, 4.69) is 21.8 Å². The fourth-order valence-corrected chi connectivity index (χ4v) is 5.41. The van der Waals surface area contributed by atoms with Crippen LogP contribution in [0.5, 0.6) is 0 Å². The summed E-state index contributed by atoms with van der Waals surface area (Å²) in [4.78, 5) is 26.4. The van der Waals surface area contributed by atoms with Gasteiger partial charge in [-0.2, -0.15) is 13.2 Å². The van der Waals surface area contributed by atoms with E-state index in [9.17, 15) is 23.1 Å². The minimum atomic E-state index is -4.42. The lowest BCUT2D eigenvalue weighted by molar-refractivity contribution is -0.137. The van der Waals surface area contributed by atoms with E-state index < -0.39 is 23.8 Å². The zero-order valence-corrected chi connectivity index (χ0v) is 21.6. The van der Waals surface area contributed by atoms with Gasteiger partial charge in [0.05, 0.1) is 23.3 Å². The lowest BCUT2D eigenvalue weighted by Gasteiger charge is -2.38. The first kappa shape index (κ1) is 27.3. The summed E-state index contributed by atoms with van der Waals surface area (Å²) in [6, 6.07) is 4.94. The SMILES string of the molecule is C[C@@H]1CC(O)c2ncnc(N3CCN(C(=O)[C@H](CCCC(C)(C)N)c4ccc(C(F)(F)F)cc4)CC3)c21. The molecule has 1 aliphatic heterocycles. The fourth-order valence-electron chi connectivity index (χ4n) is 5.41. The number of nitrogens with zero attached hydrogens (tertiary/aromatic N) is 4. The Hall–Kier alpha value is -2.72. The van der Waals surface area contributed by atoms with Gasteiger partial charge >= 0.3 is 6.18 Å². The van der Waals surface area contributed by atoms with Crippen molar-refractivity contribution in [2.45, 2.75) is 76.1 Å². The summed E-state index contributed by atoms with van der Waals surface area (Å²) in [5, 5.41) is 10.3. The number of anilines is 1. The van der Waals surface area contributed by atoms with Gasteiger partial charge in [0.15, 0.2) is 0 Å². The van der Waals surface area contributed by atoms with Crippen LogP contribution < -0.4 is 10.6 Å².